The Hall–Kier alpha value is -2.03. The predicted molar refractivity (Wildman–Crippen MR) is 85.7 cm³/mol. The van der Waals surface area contributed by atoms with Crippen LogP contribution in [0.25, 0.3) is 11.3 Å². The molecule has 20 heavy (non-hydrogen) atoms. The first-order valence-electron chi connectivity index (χ1n) is 7.14. The fourth-order valence-corrected chi connectivity index (χ4v) is 2.35. The second-order valence-electron chi connectivity index (χ2n) is 5.29. The van der Waals surface area contributed by atoms with E-state index < -0.39 is 0 Å². The molecular formula is C17H23N3. The van der Waals surface area contributed by atoms with Crippen LogP contribution in [0, 0.1) is 0 Å². The highest BCUT2D eigenvalue weighted by atomic mass is 15.1. The molecule has 0 aliphatic heterocycles. The summed E-state index contributed by atoms with van der Waals surface area (Å²) in [5.41, 5.74) is 9.52. The molecule has 1 aromatic heterocycles. The van der Waals surface area contributed by atoms with Gasteiger partial charge in [-0.3, -0.25) is 0 Å². The number of rotatable bonds is 5. The van der Waals surface area contributed by atoms with E-state index in [1.54, 1.807) is 0 Å². The van der Waals surface area contributed by atoms with Crippen molar-refractivity contribution in [2.75, 3.05) is 5.73 Å². The van der Waals surface area contributed by atoms with E-state index in [4.69, 9.17) is 5.73 Å². The zero-order valence-corrected chi connectivity index (χ0v) is 12.6. The minimum absolute atomic E-state index is 0.533. The standard InChI is InChI=1S/C17H23N3/c1-5-11-20-15(6-2)19-16(17(20)18)14-9-7-13(8-10-14)12(3)4/h5,7-10,12H,1,6,11,18H2,2-4H3. The Morgan fingerprint density at radius 2 is 1.95 bits per heavy atom. The molecule has 2 rings (SSSR count). The van der Waals surface area contributed by atoms with Crippen LogP contribution in [0.2, 0.25) is 0 Å². The number of aromatic nitrogens is 2. The third kappa shape index (κ3) is 2.62. The quantitative estimate of drug-likeness (QED) is 0.834. The minimum Gasteiger partial charge on any atom is -0.383 e. The van der Waals surface area contributed by atoms with Gasteiger partial charge in [0.2, 0.25) is 0 Å². The van der Waals surface area contributed by atoms with Crippen LogP contribution in [0.15, 0.2) is 36.9 Å². The van der Waals surface area contributed by atoms with Crippen molar-refractivity contribution >= 4 is 5.82 Å². The summed E-state index contributed by atoms with van der Waals surface area (Å²) in [6.07, 6.45) is 2.71. The van der Waals surface area contributed by atoms with Crippen molar-refractivity contribution in [1.29, 1.82) is 0 Å². The molecule has 0 bridgehead atoms. The Labute approximate surface area is 121 Å². The Kier molecular flexibility index (Phi) is 4.28. The summed E-state index contributed by atoms with van der Waals surface area (Å²) in [6.45, 7) is 11.0. The van der Waals surface area contributed by atoms with Crippen molar-refractivity contribution in [3.05, 3.63) is 48.3 Å². The summed E-state index contributed by atoms with van der Waals surface area (Å²) >= 11 is 0. The van der Waals surface area contributed by atoms with E-state index in [1.165, 1.54) is 5.56 Å². The summed E-state index contributed by atoms with van der Waals surface area (Å²) < 4.78 is 2.03. The Balaban J connectivity index is 2.44. The lowest BCUT2D eigenvalue weighted by Crippen LogP contribution is -2.05. The molecule has 1 aromatic carbocycles. The van der Waals surface area contributed by atoms with Crippen molar-refractivity contribution in [2.45, 2.75) is 39.7 Å². The molecule has 0 spiro atoms. The third-order valence-corrected chi connectivity index (χ3v) is 3.56. The van der Waals surface area contributed by atoms with Gasteiger partial charge in [0.05, 0.1) is 0 Å². The van der Waals surface area contributed by atoms with Crippen molar-refractivity contribution in [1.82, 2.24) is 9.55 Å². The van der Waals surface area contributed by atoms with E-state index >= 15 is 0 Å². The summed E-state index contributed by atoms with van der Waals surface area (Å²) in [6, 6.07) is 8.51. The number of nitrogens with zero attached hydrogens (tertiary/aromatic N) is 2. The van der Waals surface area contributed by atoms with Crippen LogP contribution in [0.5, 0.6) is 0 Å². The number of imidazole rings is 1. The van der Waals surface area contributed by atoms with Gasteiger partial charge < -0.3 is 10.3 Å². The number of benzene rings is 1. The average molecular weight is 269 g/mol. The molecule has 0 saturated carbocycles. The van der Waals surface area contributed by atoms with Gasteiger partial charge in [0, 0.05) is 18.5 Å². The molecule has 0 aliphatic carbocycles. The van der Waals surface area contributed by atoms with E-state index in [0.717, 1.165) is 29.3 Å². The van der Waals surface area contributed by atoms with Crippen LogP contribution in [-0.2, 0) is 13.0 Å². The summed E-state index contributed by atoms with van der Waals surface area (Å²) in [5, 5.41) is 0. The molecule has 0 radical (unpaired) electrons. The second-order valence-corrected chi connectivity index (χ2v) is 5.29. The molecule has 3 heteroatoms. The lowest BCUT2D eigenvalue weighted by atomic mass is 10.0. The highest BCUT2D eigenvalue weighted by Gasteiger charge is 2.14. The smallest absolute Gasteiger partial charge is 0.132 e. The van der Waals surface area contributed by atoms with Crippen LogP contribution in [0.3, 0.4) is 0 Å². The number of anilines is 1. The Bertz CT molecular complexity index is 591. The van der Waals surface area contributed by atoms with E-state index in [2.05, 4.69) is 56.6 Å². The third-order valence-electron chi connectivity index (χ3n) is 3.56. The van der Waals surface area contributed by atoms with Crippen LogP contribution < -0.4 is 5.73 Å². The van der Waals surface area contributed by atoms with E-state index in [9.17, 15) is 0 Å². The fraction of sp³-hybridized carbons (Fsp3) is 0.353. The molecule has 0 saturated heterocycles. The van der Waals surface area contributed by atoms with Gasteiger partial charge in [-0.2, -0.15) is 0 Å². The molecule has 2 aromatic rings. The second kappa shape index (κ2) is 5.95. The number of hydrogen-bond donors (Lipinski definition) is 1. The van der Waals surface area contributed by atoms with Gasteiger partial charge in [-0.15, -0.1) is 6.58 Å². The van der Waals surface area contributed by atoms with Crippen molar-refractivity contribution in [3.63, 3.8) is 0 Å². The SMILES string of the molecule is C=CCn1c(CC)nc(-c2ccc(C(C)C)cc2)c1N. The lowest BCUT2D eigenvalue weighted by molar-refractivity contribution is 0.757. The lowest BCUT2D eigenvalue weighted by Gasteiger charge is -2.07. The molecule has 1 heterocycles. The van der Waals surface area contributed by atoms with Gasteiger partial charge >= 0.3 is 0 Å². The van der Waals surface area contributed by atoms with Crippen molar-refractivity contribution < 1.29 is 0 Å². The van der Waals surface area contributed by atoms with Gasteiger partial charge in [-0.1, -0.05) is 51.1 Å². The number of aryl methyl sites for hydroxylation is 1. The van der Waals surface area contributed by atoms with Crippen LogP contribution >= 0.6 is 0 Å². The molecule has 106 valence electrons. The van der Waals surface area contributed by atoms with Crippen molar-refractivity contribution in [2.24, 2.45) is 0 Å². The summed E-state index contributed by atoms with van der Waals surface area (Å²) in [5.74, 6) is 2.26. The minimum atomic E-state index is 0.533. The average Bonchev–Trinajstić information content (AvgIpc) is 2.76. The zero-order chi connectivity index (χ0) is 14.7. The maximum Gasteiger partial charge on any atom is 0.132 e. The molecule has 0 atom stereocenters. The van der Waals surface area contributed by atoms with Crippen molar-refractivity contribution in [3.8, 4) is 11.3 Å². The van der Waals surface area contributed by atoms with E-state index in [-0.39, 0.29) is 0 Å². The zero-order valence-electron chi connectivity index (χ0n) is 12.6. The molecule has 0 amide bonds. The molecule has 0 fully saturated rings. The first kappa shape index (κ1) is 14.4. The monoisotopic (exact) mass is 269 g/mol. The Morgan fingerprint density at radius 1 is 1.30 bits per heavy atom. The number of allylic oxidation sites excluding steroid dienone is 1. The summed E-state index contributed by atoms with van der Waals surface area (Å²) in [4.78, 5) is 4.68. The van der Waals surface area contributed by atoms with Crippen LogP contribution in [0.1, 0.15) is 38.1 Å². The first-order valence-corrected chi connectivity index (χ1v) is 7.14. The van der Waals surface area contributed by atoms with Gasteiger partial charge in [-0.05, 0) is 11.5 Å². The van der Waals surface area contributed by atoms with Crippen LogP contribution in [0.4, 0.5) is 5.82 Å². The van der Waals surface area contributed by atoms with Gasteiger partial charge in [0.1, 0.15) is 17.3 Å². The maximum absolute atomic E-state index is 6.25. The van der Waals surface area contributed by atoms with Gasteiger partial charge in [-0.25, -0.2) is 4.98 Å². The summed E-state index contributed by atoms with van der Waals surface area (Å²) in [7, 11) is 0. The number of hydrogen-bond acceptors (Lipinski definition) is 2. The first-order chi connectivity index (χ1) is 9.58. The van der Waals surface area contributed by atoms with Gasteiger partial charge in [0.25, 0.3) is 0 Å². The van der Waals surface area contributed by atoms with Gasteiger partial charge in [0.15, 0.2) is 0 Å². The normalized spacial score (nSPS) is 11.0. The number of nitrogen functional groups attached to an aromatic ring is 1. The molecule has 0 aliphatic rings. The fourth-order valence-electron chi connectivity index (χ4n) is 2.35. The predicted octanol–water partition coefficient (Wildman–Crippen LogP) is 4.00. The highest BCUT2D eigenvalue weighted by Crippen LogP contribution is 2.28. The van der Waals surface area contributed by atoms with Crippen LogP contribution in [-0.4, -0.2) is 9.55 Å². The van der Waals surface area contributed by atoms with E-state index in [1.807, 2.05) is 10.6 Å². The molecular weight excluding hydrogens is 246 g/mol. The molecule has 2 N–H and O–H groups in total. The Morgan fingerprint density at radius 3 is 2.45 bits per heavy atom. The number of nitrogens with two attached hydrogens (primary N) is 1. The maximum atomic E-state index is 6.25. The molecule has 3 nitrogen and oxygen atoms in total. The van der Waals surface area contributed by atoms with E-state index in [0.29, 0.717) is 12.5 Å². The largest absolute Gasteiger partial charge is 0.383 e. The topological polar surface area (TPSA) is 43.8 Å². The highest BCUT2D eigenvalue weighted by molar-refractivity contribution is 5.71. The molecule has 0 unspecified atom stereocenters.